The summed E-state index contributed by atoms with van der Waals surface area (Å²) in [7, 11) is 0. The molecule has 0 aliphatic heterocycles. The zero-order valence-electron chi connectivity index (χ0n) is 12.5. The minimum Gasteiger partial charge on any atom is -0.479 e. The van der Waals surface area contributed by atoms with E-state index in [1.807, 2.05) is 30.3 Å². The third-order valence-electron chi connectivity index (χ3n) is 4.16. The highest BCUT2D eigenvalue weighted by atomic mass is 16.4. The first-order chi connectivity index (χ1) is 10.1. The van der Waals surface area contributed by atoms with E-state index in [2.05, 4.69) is 12.2 Å². The predicted octanol–water partition coefficient (Wildman–Crippen LogP) is 3.08. The molecule has 114 valence electrons. The molecule has 1 fully saturated rings. The maximum atomic E-state index is 12.0. The molecule has 0 spiro atoms. The fraction of sp³-hybridized carbons (Fsp3) is 0.529. The Kier molecular flexibility index (Phi) is 4.99. The van der Waals surface area contributed by atoms with Gasteiger partial charge in [0.25, 0.3) is 0 Å². The zero-order valence-corrected chi connectivity index (χ0v) is 12.5. The molecular formula is C17H23NO3. The van der Waals surface area contributed by atoms with E-state index in [0.717, 1.165) is 31.2 Å². The Morgan fingerprint density at radius 3 is 2.57 bits per heavy atom. The van der Waals surface area contributed by atoms with Crippen molar-refractivity contribution in [3.63, 3.8) is 0 Å². The monoisotopic (exact) mass is 289 g/mol. The molecule has 2 rings (SSSR count). The number of rotatable bonds is 8. The van der Waals surface area contributed by atoms with Crippen LogP contribution in [-0.2, 0) is 9.59 Å². The zero-order chi connectivity index (χ0) is 15.3. The number of amides is 1. The quantitative estimate of drug-likeness (QED) is 0.723. The first-order valence-electron chi connectivity index (χ1n) is 7.69. The minimum atomic E-state index is -1.09. The summed E-state index contributed by atoms with van der Waals surface area (Å²) in [6.07, 6.45) is 4.97. The highest BCUT2D eigenvalue weighted by Gasteiger charge is 2.62. The minimum absolute atomic E-state index is 0.115. The molecule has 0 radical (unpaired) electrons. The smallest absolute Gasteiger partial charge is 0.330 e. The van der Waals surface area contributed by atoms with Gasteiger partial charge in [0.05, 0.1) is 0 Å². The average Bonchev–Trinajstić information content (AvgIpc) is 3.20. The van der Waals surface area contributed by atoms with Gasteiger partial charge in [0, 0.05) is 12.3 Å². The molecule has 0 heterocycles. The SMILES string of the molecule is CCCCCCC(=O)NC1(C(=O)O)CC1c1ccccc1. The first kappa shape index (κ1) is 15.5. The number of aliphatic carboxylic acids is 1. The van der Waals surface area contributed by atoms with Crippen molar-refractivity contribution in [3.8, 4) is 0 Å². The summed E-state index contributed by atoms with van der Waals surface area (Å²) in [5, 5.41) is 12.2. The highest BCUT2D eigenvalue weighted by molar-refractivity contribution is 5.91. The number of hydrogen-bond acceptors (Lipinski definition) is 2. The second kappa shape index (κ2) is 6.74. The van der Waals surface area contributed by atoms with Crippen LogP contribution in [0.25, 0.3) is 0 Å². The number of carboxylic acids is 1. The third-order valence-corrected chi connectivity index (χ3v) is 4.16. The number of benzene rings is 1. The molecule has 21 heavy (non-hydrogen) atoms. The van der Waals surface area contributed by atoms with Crippen molar-refractivity contribution >= 4 is 11.9 Å². The molecule has 1 aliphatic rings. The molecule has 1 aliphatic carbocycles. The molecule has 0 saturated heterocycles. The fourth-order valence-corrected chi connectivity index (χ4v) is 2.80. The predicted molar refractivity (Wildman–Crippen MR) is 81.1 cm³/mol. The maximum Gasteiger partial charge on any atom is 0.330 e. The Morgan fingerprint density at radius 2 is 1.95 bits per heavy atom. The van der Waals surface area contributed by atoms with Crippen LogP contribution in [0.2, 0.25) is 0 Å². The van der Waals surface area contributed by atoms with Crippen LogP contribution in [0, 0.1) is 0 Å². The summed E-state index contributed by atoms with van der Waals surface area (Å²) in [6.45, 7) is 2.12. The Balaban J connectivity index is 1.93. The van der Waals surface area contributed by atoms with E-state index in [-0.39, 0.29) is 11.8 Å². The lowest BCUT2D eigenvalue weighted by molar-refractivity contribution is -0.143. The van der Waals surface area contributed by atoms with Gasteiger partial charge in [-0.1, -0.05) is 56.5 Å². The van der Waals surface area contributed by atoms with Crippen molar-refractivity contribution in [1.29, 1.82) is 0 Å². The van der Waals surface area contributed by atoms with Crippen LogP contribution in [0.5, 0.6) is 0 Å². The Hall–Kier alpha value is -1.84. The number of unbranched alkanes of at least 4 members (excludes halogenated alkanes) is 3. The second-order valence-corrected chi connectivity index (χ2v) is 5.80. The summed E-state index contributed by atoms with van der Waals surface area (Å²) in [5.74, 6) is -1.19. The molecule has 2 unspecified atom stereocenters. The largest absolute Gasteiger partial charge is 0.479 e. The molecular weight excluding hydrogens is 266 g/mol. The lowest BCUT2D eigenvalue weighted by atomic mass is 10.1. The fourth-order valence-electron chi connectivity index (χ4n) is 2.80. The summed E-state index contributed by atoms with van der Waals surface area (Å²) in [6, 6.07) is 9.53. The van der Waals surface area contributed by atoms with Gasteiger partial charge in [-0.15, -0.1) is 0 Å². The van der Waals surface area contributed by atoms with Crippen molar-refractivity contribution in [3.05, 3.63) is 35.9 Å². The number of hydrogen-bond donors (Lipinski definition) is 2. The lowest BCUT2D eigenvalue weighted by Crippen LogP contribution is -2.44. The van der Waals surface area contributed by atoms with E-state index in [1.54, 1.807) is 0 Å². The van der Waals surface area contributed by atoms with Crippen LogP contribution in [0.4, 0.5) is 0 Å². The van der Waals surface area contributed by atoms with Crippen molar-refractivity contribution in [2.75, 3.05) is 0 Å². The van der Waals surface area contributed by atoms with Gasteiger partial charge >= 0.3 is 5.97 Å². The van der Waals surface area contributed by atoms with E-state index < -0.39 is 11.5 Å². The normalized spacial score (nSPS) is 23.6. The highest BCUT2D eigenvalue weighted by Crippen LogP contribution is 2.51. The van der Waals surface area contributed by atoms with Crippen molar-refractivity contribution in [1.82, 2.24) is 5.32 Å². The summed E-state index contributed by atoms with van der Waals surface area (Å²) >= 11 is 0. The Bertz CT molecular complexity index is 500. The van der Waals surface area contributed by atoms with Gasteiger partial charge in [0.1, 0.15) is 5.54 Å². The van der Waals surface area contributed by atoms with Gasteiger partial charge in [-0.05, 0) is 18.4 Å². The lowest BCUT2D eigenvalue weighted by Gasteiger charge is -2.15. The molecule has 2 atom stereocenters. The van der Waals surface area contributed by atoms with Gasteiger partial charge in [0.15, 0.2) is 0 Å². The van der Waals surface area contributed by atoms with Crippen molar-refractivity contribution < 1.29 is 14.7 Å². The van der Waals surface area contributed by atoms with E-state index in [4.69, 9.17) is 0 Å². The number of nitrogens with one attached hydrogen (secondary N) is 1. The second-order valence-electron chi connectivity index (χ2n) is 5.80. The topological polar surface area (TPSA) is 66.4 Å². The maximum absolute atomic E-state index is 12.0. The Labute approximate surface area is 125 Å². The third kappa shape index (κ3) is 3.63. The molecule has 4 heteroatoms. The van der Waals surface area contributed by atoms with Crippen LogP contribution in [0.3, 0.4) is 0 Å². The van der Waals surface area contributed by atoms with Gasteiger partial charge in [-0.25, -0.2) is 4.79 Å². The van der Waals surface area contributed by atoms with Crippen LogP contribution in [0.1, 0.15) is 56.9 Å². The van der Waals surface area contributed by atoms with Crippen LogP contribution >= 0.6 is 0 Å². The first-order valence-corrected chi connectivity index (χ1v) is 7.69. The van der Waals surface area contributed by atoms with E-state index in [1.165, 1.54) is 0 Å². The molecule has 1 saturated carbocycles. The van der Waals surface area contributed by atoms with Crippen molar-refractivity contribution in [2.45, 2.75) is 56.9 Å². The van der Waals surface area contributed by atoms with Gasteiger partial charge < -0.3 is 10.4 Å². The van der Waals surface area contributed by atoms with E-state index in [0.29, 0.717) is 12.8 Å². The molecule has 0 bridgehead atoms. The van der Waals surface area contributed by atoms with Crippen LogP contribution in [0.15, 0.2) is 30.3 Å². The van der Waals surface area contributed by atoms with Gasteiger partial charge in [0.2, 0.25) is 5.91 Å². The number of carboxylic acid groups (broad SMARTS) is 1. The Morgan fingerprint density at radius 1 is 1.24 bits per heavy atom. The summed E-state index contributed by atoms with van der Waals surface area (Å²) in [4.78, 5) is 23.5. The average molecular weight is 289 g/mol. The molecule has 1 amide bonds. The van der Waals surface area contributed by atoms with Crippen molar-refractivity contribution in [2.24, 2.45) is 0 Å². The van der Waals surface area contributed by atoms with Gasteiger partial charge in [-0.3, -0.25) is 4.79 Å². The standard InChI is InChI=1S/C17H23NO3/c1-2-3-4-8-11-15(19)18-17(16(20)21)12-14(17)13-9-6-5-7-10-13/h5-7,9-10,14H,2-4,8,11-12H2,1H3,(H,18,19)(H,20,21). The van der Waals surface area contributed by atoms with E-state index >= 15 is 0 Å². The molecule has 0 aromatic heterocycles. The molecule has 1 aromatic carbocycles. The molecule has 4 nitrogen and oxygen atoms in total. The molecule has 2 N–H and O–H groups in total. The number of carbonyl (C=O) groups is 2. The summed E-state index contributed by atoms with van der Waals surface area (Å²) in [5.41, 5.74) is -0.116. The molecule has 1 aromatic rings. The van der Waals surface area contributed by atoms with E-state index in [9.17, 15) is 14.7 Å². The number of carbonyl (C=O) groups excluding carboxylic acids is 1. The van der Waals surface area contributed by atoms with Crippen LogP contribution in [-0.4, -0.2) is 22.5 Å². The van der Waals surface area contributed by atoms with Gasteiger partial charge in [-0.2, -0.15) is 0 Å². The summed E-state index contributed by atoms with van der Waals surface area (Å²) < 4.78 is 0. The van der Waals surface area contributed by atoms with Crippen LogP contribution < -0.4 is 5.32 Å².